The van der Waals surface area contributed by atoms with Crippen molar-refractivity contribution in [2.45, 2.75) is 13.5 Å². The number of benzene rings is 3. The second-order valence-corrected chi connectivity index (χ2v) is 4.97. The van der Waals surface area contributed by atoms with Crippen LogP contribution in [-0.4, -0.2) is 0 Å². The summed E-state index contributed by atoms with van der Waals surface area (Å²) in [5, 5.41) is 2.23. The second-order valence-electron chi connectivity index (χ2n) is 4.97. The van der Waals surface area contributed by atoms with Gasteiger partial charge in [0, 0.05) is 11.1 Å². The fourth-order valence-electron chi connectivity index (χ4n) is 2.44. The van der Waals surface area contributed by atoms with Gasteiger partial charge < -0.3 is 10.5 Å². The quantitative estimate of drug-likeness (QED) is 0.715. The van der Waals surface area contributed by atoms with Crippen molar-refractivity contribution in [1.82, 2.24) is 0 Å². The third kappa shape index (κ3) is 2.45. The molecule has 0 saturated carbocycles. The van der Waals surface area contributed by atoms with Gasteiger partial charge in [0.05, 0.1) is 0 Å². The first-order valence-corrected chi connectivity index (χ1v) is 6.69. The second kappa shape index (κ2) is 5.25. The maximum Gasteiger partial charge on any atom is 0.120 e. The fraction of sp³-hybridized carbons (Fsp3) is 0.111. The standard InChI is InChI=1S/C18H17NO/c1-13-5-2-9-16(11-13)20-12-15-8-3-6-14-7-4-10-17(19)18(14)15/h2-11H,12,19H2,1H3. The number of hydrogen-bond acceptors (Lipinski definition) is 2. The molecule has 2 N–H and O–H groups in total. The molecule has 0 aliphatic carbocycles. The Bertz CT molecular complexity index is 744. The number of nitrogens with two attached hydrogens (primary N) is 1. The average Bonchev–Trinajstić information content (AvgIpc) is 2.45. The summed E-state index contributed by atoms with van der Waals surface area (Å²) in [6, 6.07) is 20.2. The van der Waals surface area contributed by atoms with Crippen molar-refractivity contribution >= 4 is 16.5 Å². The van der Waals surface area contributed by atoms with E-state index in [0.29, 0.717) is 6.61 Å². The molecule has 0 fully saturated rings. The van der Waals surface area contributed by atoms with Crippen molar-refractivity contribution in [3.8, 4) is 5.75 Å². The molecule has 0 spiro atoms. The molecule has 0 saturated heterocycles. The highest BCUT2D eigenvalue weighted by Crippen LogP contribution is 2.26. The van der Waals surface area contributed by atoms with E-state index in [2.05, 4.69) is 31.2 Å². The van der Waals surface area contributed by atoms with Crippen molar-refractivity contribution < 1.29 is 4.74 Å². The van der Waals surface area contributed by atoms with Crippen LogP contribution in [0, 0.1) is 6.92 Å². The summed E-state index contributed by atoms with van der Waals surface area (Å²) in [6.45, 7) is 2.58. The number of fused-ring (bicyclic) bond motifs is 1. The molecule has 0 unspecified atom stereocenters. The first-order valence-electron chi connectivity index (χ1n) is 6.69. The third-order valence-corrected chi connectivity index (χ3v) is 3.41. The Hall–Kier alpha value is -2.48. The molecule has 3 aromatic carbocycles. The summed E-state index contributed by atoms with van der Waals surface area (Å²) in [4.78, 5) is 0. The number of aryl methyl sites for hydroxylation is 1. The molecular formula is C18H17NO. The van der Waals surface area contributed by atoms with Crippen LogP contribution in [0.5, 0.6) is 5.75 Å². The molecule has 0 aromatic heterocycles. The van der Waals surface area contributed by atoms with Gasteiger partial charge in [0.25, 0.3) is 0 Å². The zero-order valence-corrected chi connectivity index (χ0v) is 11.5. The maximum atomic E-state index is 6.09. The van der Waals surface area contributed by atoms with E-state index in [0.717, 1.165) is 27.8 Å². The molecule has 100 valence electrons. The van der Waals surface area contributed by atoms with Crippen molar-refractivity contribution in [1.29, 1.82) is 0 Å². The summed E-state index contributed by atoms with van der Waals surface area (Å²) in [7, 11) is 0. The van der Waals surface area contributed by atoms with Gasteiger partial charge in [-0.3, -0.25) is 0 Å². The highest BCUT2D eigenvalue weighted by Gasteiger charge is 2.05. The van der Waals surface area contributed by atoms with Gasteiger partial charge in [-0.25, -0.2) is 0 Å². The van der Waals surface area contributed by atoms with Crippen LogP contribution in [0.4, 0.5) is 5.69 Å². The SMILES string of the molecule is Cc1cccc(OCc2cccc3cccc(N)c23)c1. The molecule has 0 aliphatic heterocycles. The van der Waals surface area contributed by atoms with Gasteiger partial charge in [-0.05, 0) is 41.6 Å². The predicted octanol–water partition coefficient (Wildman–Crippen LogP) is 4.31. The van der Waals surface area contributed by atoms with Crippen LogP contribution in [0.1, 0.15) is 11.1 Å². The Balaban J connectivity index is 1.91. The minimum Gasteiger partial charge on any atom is -0.489 e. The summed E-state index contributed by atoms with van der Waals surface area (Å²) < 4.78 is 5.88. The molecular weight excluding hydrogens is 246 g/mol. The Morgan fingerprint density at radius 3 is 2.50 bits per heavy atom. The van der Waals surface area contributed by atoms with E-state index in [1.807, 2.05) is 36.4 Å². The number of nitrogen functional groups attached to an aromatic ring is 1. The van der Waals surface area contributed by atoms with Crippen molar-refractivity contribution in [2.24, 2.45) is 0 Å². The molecule has 3 aromatic rings. The van der Waals surface area contributed by atoms with Gasteiger partial charge in [0.15, 0.2) is 0 Å². The van der Waals surface area contributed by atoms with E-state index in [9.17, 15) is 0 Å². The number of rotatable bonds is 3. The van der Waals surface area contributed by atoms with Crippen LogP contribution in [0.15, 0.2) is 60.7 Å². The van der Waals surface area contributed by atoms with Crippen LogP contribution in [0.3, 0.4) is 0 Å². The van der Waals surface area contributed by atoms with E-state index in [-0.39, 0.29) is 0 Å². The van der Waals surface area contributed by atoms with Crippen LogP contribution in [-0.2, 0) is 6.61 Å². The van der Waals surface area contributed by atoms with Gasteiger partial charge in [-0.1, -0.05) is 42.5 Å². The normalized spacial score (nSPS) is 10.7. The average molecular weight is 263 g/mol. The van der Waals surface area contributed by atoms with Crippen LogP contribution < -0.4 is 10.5 Å². The molecule has 0 atom stereocenters. The van der Waals surface area contributed by atoms with Gasteiger partial charge in [-0.2, -0.15) is 0 Å². The molecule has 3 rings (SSSR count). The van der Waals surface area contributed by atoms with Crippen molar-refractivity contribution in [2.75, 3.05) is 5.73 Å². The smallest absolute Gasteiger partial charge is 0.120 e. The minimum absolute atomic E-state index is 0.523. The highest BCUT2D eigenvalue weighted by molar-refractivity contribution is 5.95. The fourth-order valence-corrected chi connectivity index (χ4v) is 2.44. The van der Waals surface area contributed by atoms with Gasteiger partial charge in [-0.15, -0.1) is 0 Å². The number of anilines is 1. The molecule has 0 bridgehead atoms. The van der Waals surface area contributed by atoms with E-state index in [1.165, 1.54) is 5.56 Å². The van der Waals surface area contributed by atoms with Gasteiger partial charge >= 0.3 is 0 Å². The Labute approximate surface area is 118 Å². The molecule has 0 radical (unpaired) electrons. The maximum absolute atomic E-state index is 6.09. The molecule has 2 nitrogen and oxygen atoms in total. The number of hydrogen-bond donors (Lipinski definition) is 1. The van der Waals surface area contributed by atoms with Gasteiger partial charge in [0.1, 0.15) is 12.4 Å². The first-order chi connectivity index (χ1) is 9.74. The van der Waals surface area contributed by atoms with Crippen molar-refractivity contribution in [3.05, 3.63) is 71.8 Å². The van der Waals surface area contributed by atoms with E-state index < -0.39 is 0 Å². The first kappa shape index (κ1) is 12.5. The molecule has 0 heterocycles. The summed E-state index contributed by atoms with van der Waals surface area (Å²) in [5.41, 5.74) is 9.20. The highest BCUT2D eigenvalue weighted by atomic mass is 16.5. The molecule has 20 heavy (non-hydrogen) atoms. The zero-order valence-electron chi connectivity index (χ0n) is 11.5. The van der Waals surface area contributed by atoms with E-state index >= 15 is 0 Å². The Morgan fingerprint density at radius 1 is 0.950 bits per heavy atom. The van der Waals surface area contributed by atoms with Crippen molar-refractivity contribution in [3.63, 3.8) is 0 Å². The Morgan fingerprint density at radius 2 is 1.70 bits per heavy atom. The van der Waals surface area contributed by atoms with E-state index in [1.54, 1.807) is 0 Å². The van der Waals surface area contributed by atoms with Crippen LogP contribution >= 0.6 is 0 Å². The lowest BCUT2D eigenvalue weighted by atomic mass is 10.0. The summed E-state index contributed by atoms with van der Waals surface area (Å²) >= 11 is 0. The Kier molecular flexibility index (Phi) is 3.30. The van der Waals surface area contributed by atoms with Crippen LogP contribution in [0.2, 0.25) is 0 Å². The lowest BCUT2D eigenvalue weighted by Gasteiger charge is -2.11. The molecule has 0 aliphatic rings. The lowest BCUT2D eigenvalue weighted by molar-refractivity contribution is 0.307. The number of ether oxygens (including phenoxy) is 1. The largest absolute Gasteiger partial charge is 0.489 e. The minimum atomic E-state index is 0.523. The van der Waals surface area contributed by atoms with E-state index in [4.69, 9.17) is 10.5 Å². The molecule has 2 heteroatoms. The predicted molar refractivity (Wildman–Crippen MR) is 83.9 cm³/mol. The third-order valence-electron chi connectivity index (χ3n) is 3.41. The molecule has 0 amide bonds. The lowest BCUT2D eigenvalue weighted by Crippen LogP contribution is -1.98. The van der Waals surface area contributed by atoms with Gasteiger partial charge in [0.2, 0.25) is 0 Å². The summed E-state index contributed by atoms with van der Waals surface area (Å²) in [6.07, 6.45) is 0. The summed E-state index contributed by atoms with van der Waals surface area (Å²) in [5.74, 6) is 0.886. The topological polar surface area (TPSA) is 35.2 Å². The monoisotopic (exact) mass is 263 g/mol. The zero-order chi connectivity index (χ0) is 13.9. The van der Waals surface area contributed by atoms with Crippen LogP contribution in [0.25, 0.3) is 10.8 Å².